The van der Waals surface area contributed by atoms with E-state index in [2.05, 4.69) is 36.7 Å². The summed E-state index contributed by atoms with van der Waals surface area (Å²) in [5, 5.41) is 8.82. The van der Waals surface area contributed by atoms with E-state index in [4.69, 9.17) is 10.2 Å². The third-order valence-corrected chi connectivity index (χ3v) is 9.93. The first kappa shape index (κ1) is 30.7. The van der Waals surface area contributed by atoms with Crippen LogP contribution in [0.15, 0.2) is 57.9 Å². The molecule has 2 aliphatic carbocycles. The number of carbonyl (C=O) groups is 5. The van der Waals surface area contributed by atoms with Gasteiger partial charge in [0, 0.05) is 24.0 Å². The molecule has 12 nitrogen and oxygen atoms in total. The van der Waals surface area contributed by atoms with Gasteiger partial charge in [-0.25, -0.2) is 0 Å². The molecule has 0 aliphatic heterocycles. The van der Waals surface area contributed by atoms with Crippen molar-refractivity contribution >= 4 is 46.1 Å². The van der Waals surface area contributed by atoms with Crippen LogP contribution in [0.25, 0.3) is 11.0 Å². The number of benzene rings is 1. The minimum Gasteiger partial charge on any atom is -0.451 e. The molecule has 2 fully saturated rings. The summed E-state index contributed by atoms with van der Waals surface area (Å²) >= 11 is 0. The van der Waals surface area contributed by atoms with Gasteiger partial charge in [0.15, 0.2) is 5.76 Å². The molecule has 0 saturated heterocycles. The van der Waals surface area contributed by atoms with E-state index in [-0.39, 0.29) is 47.2 Å². The molecule has 12 heteroatoms. The Morgan fingerprint density at radius 3 is 2.50 bits per heavy atom. The Hall–Kier alpha value is -4.74. The zero-order valence-electron chi connectivity index (χ0n) is 25.0. The molecule has 0 radical (unpaired) electrons. The van der Waals surface area contributed by atoms with Gasteiger partial charge in [-0.2, -0.15) is 0 Å². The van der Waals surface area contributed by atoms with E-state index in [0.29, 0.717) is 16.9 Å². The smallest absolute Gasteiger partial charge is 0.287 e. The van der Waals surface area contributed by atoms with Crippen molar-refractivity contribution in [2.24, 2.45) is 22.5 Å². The Kier molecular flexibility index (Phi) is 8.19. The number of nitrogens with one attached hydrogen (secondary N) is 3. The topological polar surface area (TPSA) is 183 Å². The van der Waals surface area contributed by atoms with Crippen LogP contribution in [0, 0.1) is 16.7 Å². The molecule has 0 spiro atoms. The van der Waals surface area contributed by atoms with Crippen molar-refractivity contribution in [2.75, 3.05) is 5.32 Å². The summed E-state index contributed by atoms with van der Waals surface area (Å²) < 4.78 is 6.77. The Bertz CT molecular complexity index is 1670. The summed E-state index contributed by atoms with van der Waals surface area (Å²) in [5.41, 5.74) is 4.87. The van der Waals surface area contributed by atoms with E-state index in [9.17, 15) is 28.8 Å². The lowest BCUT2D eigenvalue weighted by atomic mass is 9.69. The monoisotopic (exact) mass is 603 g/mol. The number of anilines is 1. The number of para-hydroxylation sites is 1. The van der Waals surface area contributed by atoms with Crippen LogP contribution in [0.2, 0.25) is 0 Å². The number of carbonyl (C=O) groups excluding carboxylic acids is 5. The third-order valence-electron chi connectivity index (χ3n) is 9.93. The second kappa shape index (κ2) is 11.7. The predicted molar refractivity (Wildman–Crippen MR) is 161 cm³/mol. The Morgan fingerprint density at radius 1 is 1.09 bits per heavy atom. The molecule has 2 heterocycles. The van der Waals surface area contributed by atoms with Crippen molar-refractivity contribution < 1.29 is 28.4 Å². The number of ketones is 1. The maximum atomic E-state index is 13.3. The Labute approximate surface area is 253 Å². The normalized spacial score (nSPS) is 22.3. The third kappa shape index (κ3) is 5.76. The number of hydrogen-bond donors (Lipinski definition) is 4. The van der Waals surface area contributed by atoms with Crippen LogP contribution < -0.4 is 27.2 Å². The Balaban J connectivity index is 1.28. The summed E-state index contributed by atoms with van der Waals surface area (Å²) in [4.78, 5) is 75.7. The predicted octanol–water partition coefficient (Wildman–Crippen LogP) is 2.50. The molecule has 44 heavy (non-hydrogen) atoms. The van der Waals surface area contributed by atoms with Gasteiger partial charge >= 0.3 is 0 Å². The molecular formula is C32H37N5O7. The second-order valence-electron chi connectivity index (χ2n) is 12.6. The van der Waals surface area contributed by atoms with Crippen molar-refractivity contribution in [3.05, 3.63) is 64.8 Å². The zero-order valence-corrected chi connectivity index (χ0v) is 25.0. The first-order chi connectivity index (χ1) is 20.8. The van der Waals surface area contributed by atoms with E-state index >= 15 is 0 Å². The Morgan fingerprint density at radius 2 is 1.84 bits per heavy atom. The van der Waals surface area contributed by atoms with Crippen LogP contribution in [0.3, 0.4) is 0 Å². The van der Waals surface area contributed by atoms with E-state index in [1.807, 2.05) is 0 Å². The maximum absolute atomic E-state index is 13.3. The van der Waals surface area contributed by atoms with E-state index in [1.54, 1.807) is 24.3 Å². The average molecular weight is 604 g/mol. The number of furan rings is 1. The van der Waals surface area contributed by atoms with E-state index < -0.39 is 41.5 Å². The van der Waals surface area contributed by atoms with Crippen LogP contribution >= 0.6 is 0 Å². The average Bonchev–Trinajstić information content (AvgIpc) is 3.57. The van der Waals surface area contributed by atoms with Gasteiger partial charge in [0.25, 0.3) is 17.4 Å². The van der Waals surface area contributed by atoms with Crippen molar-refractivity contribution in [2.45, 2.75) is 71.5 Å². The first-order valence-electron chi connectivity index (χ1n) is 14.7. The fraction of sp³-hybridized carbons (Fsp3) is 0.438. The number of fused-ring (bicyclic) bond motifs is 3. The summed E-state index contributed by atoms with van der Waals surface area (Å²) in [5.74, 6) is -3.44. The van der Waals surface area contributed by atoms with Crippen LogP contribution in [-0.2, 0) is 25.7 Å². The van der Waals surface area contributed by atoms with E-state index in [0.717, 1.165) is 19.3 Å². The number of aromatic nitrogens is 1. The minimum atomic E-state index is -1.32. The number of rotatable bonds is 11. The number of Topliss-reactive ketones (excluding diaryl/α,β-unsaturated/α-hetero) is 1. The molecule has 1 aromatic carbocycles. The fourth-order valence-corrected chi connectivity index (χ4v) is 6.78. The van der Waals surface area contributed by atoms with Gasteiger partial charge in [-0.05, 0) is 66.7 Å². The number of nitrogens with two attached hydrogens (primary N) is 1. The number of hydrogen-bond acceptors (Lipinski definition) is 7. The van der Waals surface area contributed by atoms with Crippen molar-refractivity contribution in [3.8, 4) is 0 Å². The number of primary amides is 1. The van der Waals surface area contributed by atoms with Gasteiger partial charge in [0.1, 0.15) is 23.9 Å². The van der Waals surface area contributed by atoms with E-state index in [1.165, 1.54) is 29.0 Å². The summed E-state index contributed by atoms with van der Waals surface area (Å²) in [7, 11) is 0. The molecule has 4 atom stereocenters. The number of pyridine rings is 1. The standard InChI is InChI=1S/C32H37N5O7/c1-31(2)19-12-13-32(31,3)25(16-19)36-26(39)17-37-14-6-8-21(30(37)43)35-28(41)20(10-11-22(38)27(33)40)34-29(42)24-15-18-7-4-5-9-23(18)44-24/h4-9,14-15,19-20,25H,10-13,16-17H2,1-3H3,(H2,33,40)(H,34,42)(H,35,41)(H,36,39)/t19?,20-,25?,32-/m0/s1. The lowest BCUT2D eigenvalue weighted by Crippen LogP contribution is -2.48. The van der Waals surface area contributed by atoms with Gasteiger partial charge < -0.3 is 30.7 Å². The maximum Gasteiger partial charge on any atom is 0.287 e. The molecule has 2 saturated carbocycles. The summed E-state index contributed by atoms with van der Waals surface area (Å²) in [6.07, 6.45) is 3.87. The highest BCUT2D eigenvalue weighted by molar-refractivity contribution is 6.35. The molecule has 5 rings (SSSR count). The van der Waals surface area contributed by atoms with Crippen molar-refractivity contribution in [3.63, 3.8) is 0 Å². The number of amides is 4. The molecule has 2 aromatic heterocycles. The van der Waals surface area contributed by atoms with Gasteiger partial charge in [-0.15, -0.1) is 0 Å². The first-order valence-corrected chi connectivity index (χ1v) is 14.7. The highest BCUT2D eigenvalue weighted by atomic mass is 16.3. The fourth-order valence-electron chi connectivity index (χ4n) is 6.78. The lowest BCUT2D eigenvalue weighted by molar-refractivity contribution is -0.136. The molecule has 2 bridgehead atoms. The summed E-state index contributed by atoms with van der Waals surface area (Å²) in [6.45, 7) is 6.49. The lowest BCUT2D eigenvalue weighted by Gasteiger charge is -2.39. The van der Waals surface area contributed by atoms with Gasteiger partial charge in [0.05, 0.1) is 0 Å². The van der Waals surface area contributed by atoms with Crippen LogP contribution in [0.4, 0.5) is 5.69 Å². The van der Waals surface area contributed by atoms with Crippen molar-refractivity contribution in [1.29, 1.82) is 0 Å². The SMILES string of the molecule is CC1(C)C2CC[C@@]1(C)C(NC(=O)Cn1cccc(NC(=O)[C@H](CCC(=O)C(N)=O)NC(=O)c3cc4ccccc4o3)c1=O)C2. The van der Waals surface area contributed by atoms with Crippen LogP contribution in [0.5, 0.6) is 0 Å². The number of nitrogens with zero attached hydrogens (tertiary/aromatic N) is 1. The molecule has 232 valence electrons. The molecular weight excluding hydrogens is 566 g/mol. The van der Waals surface area contributed by atoms with Gasteiger partial charge in [-0.1, -0.05) is 39.0 Å². The van der Waals surface area contributed by atoms with Crippen molar-refractivity contribution in [1.82, 2.24) is 15.2 Å². The highest BCUT2D eigenvalue weighted by Gasteiger charge is 2.61. The molecule has 2 aliphatic rings. The summed E-state index contributed by atoms with van der Waals surface area (Å²) in [6, 6.07) is 10.1. The quantitative estimate of drug-likeness (QED) is 0.243. The second-order valence-corrected chi connectivity index (χ2v) is 12.6. The molecule has 4 amide bonds. The minimum absolute atomic E-state index is 0.0153. The highest BCUT2D eigenvalue weighted by Crippen LogP contribution is 2.65. The molecule has 3 aromatic rings. The van der Waals surface area contributed by atoms with Crippen LogP contribution in [0.1, 0.15) is 63.4 Å². The largest absolute Gasteiger partial charge is 0.451 e. The van der Waals surface area contributed by atoms with Gasteiger partial charge in [0.2, 0.25) is 17.6 Å². The van der Waals surface area contributed by atoms with Gasteiger partial charge in [-0.3, -0.25) is 28.8 Å². The molecule has 2 unspecified atom stereocenters. The zero-order chi connectivity index (χ0) is 31.8. The van der Waals surface area contributed by atoms with Crippen LogP contribution in [-0.4, -0.2) is 46.1 Å². The molecule has 5 N–H and O–H groups in total.